The van der Waals surface area contributed by atoms with Crippen LogP contribution >= 0.6 is 0 Å². The predicted molar refractivity (Wildman–Crippen MR) is 61.2 cm³/mol. The summed E-state index contributed by atoms with van der Waals surface area (Å²) in [7, 11) is 0. The van der Waals surface area contributed by atoms with Crippen LogP contribution in [0.5, 0.6) is 5.75 Å². The van der Waals surface area contributed by atoms with Crippen molar-refractivity contribution in [2.45, 2.75) is 26.7 Å². The molecule has 1 unspecified atom stereocenters. The highest BCUT2D eigenvalue weighted by Crippen LogP contribution is 2.11. The summed E-state index contributed by atoms with van der Waals surface area (Å²) in [6, 6.07) is 8.76. The molecular formula is C13H16O3. The summed E-state index contributed by atoms with van der Waals surface area (Å²) in [6.07, 6.45) is 0.599. The summed E-state index contributed by atoms with van der Waals surface area (Å²) in [5.74, 6) is -0.160. The Kier molecular flexibility index (Phi) is 4.70. The number of ether oxygens (including phenoxy) is 1. The van der Waals surface area contributed by atoms with E-state index in [1.807, 2.05) is 19.9 Å². The summed E-state index contributed by atoms with van der Waals surface area (Å²) >= 11 is 0. The van der Waals surface area contributed by atoms with E-state index in [1.165, 1.54) is 0 Å². The van der Waals surface area contributed by atoms with E-state index in [2.05, 4.69) is 0 Å². The van der Waals surface area contributed by atoms with Crippen LogP contribution in [0.2, 0.25) is 0 Å². The van der Waals surface area contributed by atoms with Gasteiger partial charge in [-0.2, -0.15) is 0 Å². The van der Waals surface area contributed by atoms with E-state index >= 15 is 0 Å². The summed E-state index contributed by atoms with van der Waals surface area (Å²) in [5, 5.41) is 0. The molecule has 0 aliphatic carbocycles. The van der Waals surface area contributed by atoms with Gasteiger partial charge in [-0.05, 0) is 18.6 Å². The smallest absolute Gasteiger partial charge is 0.318 e. The Bertz CT molecular complexity index is 357. The van der Waals surface area contributed by atoms with Crippen molar-refractivity contribution in [1.29, 1.82) is 0 Å². The van der Waals surface area contributed by atoms with Crippen LogP contribution < -0.4 is 4.74 Å². The number of para-hydroxylation sites is 1. The third kappa shape index (κ3) is 3.85. The Hall–Kier alpha value is -1.64. The minimum Gasteiger partial charge on any atom is -0.426 e. The number of carbonyl (C=O) groups excluding carboxylic acids is 2. The van der Waals surface area contributed by atoms with Gasteiger partial charge in [0, 0.05) is 5.92 Å². The van der Waals surface area contributed by atoms with E-state index in [4.69, 9.17) is 4.74 Å². The topological polar surface area (TPSA) is 43.4 Å². The van der Waals surface area contributed by atoms with Gasteiger partial charge in [-0.3, -0.25) is 9.59 Å². The maximum atomic E-state index is 11.5. The number of esters is 1. The van der Waals surface area contributed by atoms with E-state index in [-0.39, 0.29) is 18.1 Å². The highest BCUT2D eigenvalue weighted by atomic mass is 16.5. The van der Waals surface area contributed by atoms with Crippen molar-refractivity contribution < 1.29 is 14.3 Å². The SMILES string of the molecule is CCC(C)C(=O)CC(=O)Oc1ccccc1. The van der Waals surface area contributed by atoms with Crippen LogP contribution in [0, 0.1) is 5.92 Å². The van der Waals surface area contributed by atoms with Crippen LogP contribution in [0.4, 0.5) is 0 Å². The van der Waals surface area contributed by atoms with E-state index in [0.717, 1.165) is 6.42 Å². The first kappa shape index (κ1) is 12.4. The molecule has 1 aromatic carbocycles. The number of rotatable bonds is 5. The fraction of sp³-hybridized carbons (Fsp3) is 0.385. The number of benzene rings is 1. The molecule has 1 atom stereocenters. The molecule has 1 aromatic rings. The maximum absolute atomic E-state index is 11.5. The standard InChI is InChI=1S/C13H16O3/c1-3-10(2)12(14)9-13(15)16-11-7-5-4-6-8-11/h4-8,10H,3,9H2,1-2H3. The molecule has 0 heterocycles. The Labute approximate surface area is 95.4 Å². The molecule has 0 aliphatic rings. The van der Waals surface area contributed by atoms with E-state index in [1.54, 1.807) is 24.3 Å². The van der Waals surface area contributed by atoms with Gasteiger partial charge in [0.15, 0.2) is 0 Å². The van der Waals surface area contributed by atoms with Gasteiger partial charge in [-0.1, -0.05) is 32.0 Å². The van der Waals surface area contributed by atoms with Gasteiger partial charge in [0.1, 0.15) is 18.0 Å². The van der Waals surface area contributed by atoms with Crippen LogP contribution in [0.15, 0.2) is 30.3 Å². The lowest BCUT2D eigenvalue weighted by Gasteiger charge is -2.07. The number of ketones is 1. The van der Waals surface area contributed by atoms with E-state index < -0.39 is 5.97 Å². The molecule has 0 saturated heterocycles. The quantitative estimate of drug-likeness (QED) is 0.435. The average molecular weight is 220 g/mol. The van der Waals surface area contributed by atoms with Crippen LogP contribution in [0.25, 0.3) is 0 Å². The Morgan fingerprint density at radius 2 is 1.88 bits per heavy atom. The molecular weight excluding hydrogens is 204 g/mol. The second kappa shape index (κ2) is 6.05. The Morgan fingerprint density at radius 3 is 2.44 bits per heavy atom. The Morgan fingerprint density at radius 1 is 1.25 bits per heavy atom. The third-order valence-electron chi connectivity index (χ3n) is 2.46. The average Bonchev–Trinajstić information content (AvgIpc) is 2.29. The van der Waals surface area contributed by atoms with Crippen LogP contribution in [0.1, 0.15) is 26.7 Å². The zero-order chi connectivity index (χ0) is 12.0. The number of hydrogen-bond donors (Lipinski definition) is 0. The second-order valence-corrected chi connectivity index (χ2v) is 3.74. The van der Waals surface area contributed by atoms with Crippen molar-refractivity contribution in [3.05, 3.63) is 30.3 Å². The molecule has 0 radical (unpaired) electrons. The summed E-state index contributed by atoms with van der Waals surface area (Å²) in [5.41, 5.74) is 0. The molecule has 1 rings (SSSR count). The van der Waals surface area contributed by atoms with Crippen molar-refractivity contribution in [3.63, 3.8) is 0 Å². The lowest BCUT2D eigenvalue weighted by molar-refractivity contribution is -0.139. The molecule has 3 nitrogen and oxygen atoms in total. The normalized spacial score (nSPS) is 11.9. The number of Topliss-reactive ketones (excluding diaryl/α,β-unsaturated/α-hetero) is 1. The maximum Gasteiger partial charge on any atom is 0.318 e. The molecule has 0 aromatic heterocycles. The third-order valence-corrected chi connectivity index (χ3v) is 2.46. The molecule has 0 spiro atoms. The summed E-state index contributed by atoms with van der Waals surface area (Å²) < 4.78 is 5.02. The summed E-state index contributed by atoms with van der Waals surface area (Å²) in [6.45, 7) is 3.74. The van der Waals surface area contributed by atoms with Crippen molar-refractivity contribution >= 4 is 11.8 Å². The molecule has 0 amide bonds. The van der Waals surface area contributed by atoms with Crippen LogP contribution in [-0.2, 0) is 9.59 Å². The zero-order valence-corrected chi connectivity index (χ0v) is 9.60. The molecule has 3 heteroatoms. The minimum atomic E-state index is -0.489. The molecule has 0 saturated carbocycles. The van der Waals surface area contributed by atoms with Crippen molar-refractivity contribution in [2.24, 2.45) is 5.92 Å². The number of hydrogen-bond acceptors (Lipinski definition) is 3. The van der Waals surface area contributed by atoms with Crippen molar-refractivity contribution in [1.82, 2.24) is 0 Å². The highest BCUT2D eigenvalue weighted by molar-refractivity contribution is 5.97. The first-order chi connectivity index (χ1) is 7.63. The van der Waals surface area contributed by atoms with Gasteiger partial charge in [0.25, 0.3) is 0 Å². The predicted octanol–water partition coefficient (Wildman–Crippen LogP) is 2.60. The zero-order valence-electron chi connectivity index (χ0n) is 9.60. The molecule has 0 fully saturated rings. The molecule has 16 heavy (non-hydrogen) atoms. The Balaban J connectivity index is 2.46. The summed E-state index contributed by atoms with van der Waals surface area (Å²) in [4.78, 5) is 22.9. The fourth-order valence-corrected chi connectivity index (χ4v) is 1.20. The van der Waals surface area contributed by atoms with E-state index in [0.29, 0.717) is 5.75 Å². The fourth-order valence-electron chi connectivity index (χ4n) is 1.20. The minimum absolute atomic E-state index is 0.0663. The van der Waals surface area contributed by atoms with E-state index in [9.17, 15) is 9.59 Å². The molecule has 86 valence electrons. The molecule has 0 N–H and O–H groups in total. The van der Waals surface area contributed by atoms with Gasteiger partial charge < -0.3 is 4.74 Å². The van der Waals surface area contributed by atoms with Crippen LogP contribution in [0.3, 0.4) is 0 Å². The second-order valence-electron chi connectivity index (χ2n) is 3.74. The van der Waals surface area contributed by atoms with Gasteiger partial charge in [-0.15, -0.1) is 0 Å². The first-order valence-corrected chi connectivity index (χ1v) is 5.42. The first-order valence-electron chi connectivity index (χ1n) is 5.42. The highest BCUT2D eigenvalue weighted by Gasteiger charge is 2.16. The van der Waals surface area contributed by atoms with Crippen molar-refractivity contribution in [2.75, 3.05) is 0 Å². The monoisotopic (exact) mass is 220 g/mol. The van der Waals surface area contributed by atoms with Gasteiger partial charge in [0.2, 0.25) is 0 Å². The van der Waals surface area contributed by atoms with Crippen molar-refractivity contribution in [3.8, 4) is 5.75 Å². The van der Waals surface area contributed by atoms with Crippen LogP contribution in [-0.4, -0.2) is 11.8 Å². The van der Waals surface area contributed by atoms with Gasteiger partial charge >= 0.3 is 5.97 Å². The van der Waals surface area contributed by atoms with Gasteiger partial charge in [0.05, 0.1) is 0 Å². The van der Waals surface area contributed by atoms with Gasteiger partial charge in [-0.25, -0.2) is 0 Å². The molecule has 0 bridgehead atoms. The largest absolute Gasteiger partial charge is 0.426 e. The lowest BCUT2D eigenvalue weighted by atomic mass is 10.0. The number of carbonyl (C=O) groups is 2. The lowest BCUT2D eigenvalue weighted by Crippen LogP contribution is -2.18. The molecule has 0 aliphatic heterocycles.